The number of pyridine rings is 1. The summed E-state index contributed by atoms with van der Waals surface area (Å²) >= 11 is 5.95. The van der Waals surface area contributed by atoms with E-state index in [0.29, 0.717) is 6.04 Å². The Bertz CT molecular complexity index is 541. The Hall–Kier alpha value is -1.42. The number of rotatable bonds is 3. The summed E-state index contributed by atoms with van der Waals surface area (Å²) in [6.45, 7) is 4.02. The summed E-state index contributed by atoms with van der Waals surface area (Å²) in [4.78, 5) is 6.61. The van der Waals surface area contributed by atoms with Gasteiger partial charge in [0, 0.05) is 49.6 Å². The summed E-state index contributed by atoms with van der Waals surface area (Å²) in [5, 5.41) is 4.27. The van der Waals surface area contributed by atoms with Crippen LogP contribution < -0.4 is 5.32 Å². The summed E-state index contributed by atoms with van der Waals surface area (Å²) in [7, 11) is 0. The van der Waals surface area contributed by atoms with Crippen LogP contribution >= 0.6 is 11.6 Å². The Kier molecular flexibility index (Phi) is 4.31. The molecule has 3 rings (SSSR count). The van der Waals surface area contributed by atoms with Crippen molar-refractivity contribution in [3.05, 3.63) is 64.9 Å². The highest BCUT2D eigenvalue weighted by Crippen LogP contribution is 2.24. The van der Waals surface area contributed by atoms with E-state index in [0.717, 1.165) is 31.2 Å². The molecule has 20 heavy (non-hydrogen) atoms. The molecular formula is C16H18ClN3. The molecule has 1 atom stereocenters. The Morgan fingerprint density at radius 3 is 2.65 bits per heavy atom. The minimum atomic E-state index is 0.405. The van der Waals surface area contributed by atoms with Gasteiger partial charge >= 0.3 is 0 Å². The first-order valence-electron chi connectivity index (χ1n) is 6.92. The lowest BCUT2D eigenvalue weighted by Gasteiger charge is -2.36. The topological polar surface area (TPSA) is 28.2 Å². The van der Waals surface area contributed by atoms with Gasteiger partial charge in [-0.25, -0.2) is 0 Å². The number of piperazine rings is 1. The molecule has 0 amide bonds. The standard InChI is InChI=1S/C16H18ClN3/c17-15-3-1-13(2-4-15)12-20-10-9-19-11-16(20)14-5-7-18-8-6-14/h1-8,16,19H,9-12H2. The lowest BCUT2D eigenvalue weighted by molar-refractivity contribution is 0.153. The molecule has 4 heteroatoms. The monoisotopic (exact) mass is 287 g/mol. The van der Waals surface area contributed by atoms with Gasteiger partial charge < -0.3 is 5.32 Å². The molecule has 104 valence electrons. The normalized spacial score (nSPS) is 19.9. The van der Waals surface area contributed by atoms with Gasteiger partial charge in [-0.15, -0.1) is 0 Å². The van der Waals surface area contributed by atoms with Crippen LogP contribution in [0.4, 0.5) is 0 Å². The summed E-state index contributed by atoms with van der Waals surface area (Å²) < 4.78 is 0. The third kappa shape index (κ3) is 3.18. The first kappa shape index (κ1) is 13.6. The SMILES string of the molecule is Clc1ccc(CN2CCNCC2c2ccncc2)cc1. The van der Waals surface area contributed by atoms with E-state index in [2.05, 4.69) is 39.5 Å². The molecule has 1 aliphatic rings. The molecular weight excluding hydrogens is 270 g/mol. The van der Waals surface area contributed by atoms with E-state index in [1.165, 1.54) is 11.1 Å². The number of aromatic nitrogens is 1. The second kappa shape index (κ2) is 6.35. The lowest BCUT2D eigenvalue weighted by Crippen LogP contribution is -2.45. The van der Waals surface area contributed by atoms with E-state index in [-0.39, 0.29) is 0 Å². The second-order valence-corrected chi connectivity index (χ2v) is 5.53. The predicted molar refractivity (Wildman–Crippen MR) is 81.7 cm³/mol. The van der Waals surface area contributed by atoms with Gasteiger partial charge in [0.1, 0.15) is 0 Å². The van der Waals surface area contributed by atoms with Crippen LogP contribution in [0.1, 0.15) is 17.2 Å². The van der Waals surface area contributed by atoms with Crippen LogP contribution in [0.15, 0.2) is 48.8 Å². The number of benzene rings is 1. The van der Waals surface area contributed by atoms with Crippen molar-refractivity contribution < 1.29 is 0 Å². The average molecular weight is 288 g/mol. The van der Waals surface area contributed by atoms with Crippen LogP contribution in [0.25, 0.3) is 0 Å². The van der Waals surface area contributed by atoms with Crippen LogP contribution in [0.2, 0.25) is 5.02 Å². The molecule has 0 aliphatic carbocycles. The zero-order valence-electron chi connectivity index (χ0n) is 11.3. The van der Waals surface area contributed by atoms with Gasteiger partial charge in [0.15, 0.2) is 0 Å². The number of nitrogens with zero attached hydrogens (tertiary/aromatic N) is 2. The van der Waals surface area contributed by atoms with Gasteiger partial charge in [0.25, 0.3) is 0 Å². The first-order chi connectivity index (χ1) is 9.83. The quantitative estimate of drug-likeness (QED) is 0.941. The summed E-state index contributed by atoms with van der Waals surface area (Å²) in [5.74, 6) is 0. The minimum Gasteiger partial charge on any atom is -0.314 e. The van der Waals surface area contributed by atoms with E-state index in [1.807, 2.05) is 24.5 Å². The van der Waals surface area contributed by atoms with Crippen molar-refractivity contribution in [3.8, 4) is 0 Å². The van der Waals surface area contributed by atoms with Crippen LogP contribution in [0, 0.1) is 0 Å². The first-order valence-corrected chi connectivity index (χ1v) is 7.30. The Morgan fingerprint density at radius 2 is 1.90 bits per heavy atom. The molecule has 1 N–H and O–H groups in total. The smallest absolute Gasteiger partial charge is 0.0477 e. The van der Waals surface area contributed by atoms with Crippen LogP contribution in [0.3, 0.4) is 0 Å². The molecule has 0 radical (unpaired) electrons. The molecule has 1 fully saturated rings. The number of hydrogen-bond donors (Lipinski definition) is 1. The van der Waals surface area contributed by atoms with Crippen molar-refractivity contribution in [2.75, 3.05) is 19.6 Å². The van der Waals surface area contributed by atoms with Crippen molar-refractivity contribution >= 4 is 11.6 Å². The van der Waals surface area contributed by atoms with Crippen LogP contribution in [-0.4, -0.2) is 29.5 Å². The van der Waals surface area contributed by atoms with Crippen LogP contribution in [0.5, 0.6) is 0 Å². The Labute approximate surface area is 124 Å². The fourth-order valence-corrected chi connectivity index (χ4v) is 2.80. The van der Waals surface area contributed by atoms with Gasteiger partial charge in [-0.2, -0.15) is 0 Å². The summed E-state index contributed by atoms with van der Waals surface area (Å²) in [6, 6.07) is 12.7. The number of halogens is 1. The Balaban J connectivity index is 1.77. The minimum absolute atomic E-state index is 0.405. The number of nitrogens with one attached hydrogen (secondary N) is 1. The van der Waals surface area contributed by atoms with E-state index >= 15 is 0 Å². The van der Waals surface area contributed by atoms with Crippen molar-refractivity contribution in [3.63, 3.8) is 0 Å². The van der Waals surface area contributed by atoms with Gasteiger partial charge in [-0.1, -0.05) is 23.7 Å². The largest absolute Gasteiger partial charge is 0.314 e. The molecule has 1 aliphatic heterocycles. The van der Waals surface area contributed by atoms with Crippen molar-refractivity contribution in [2.45, 2.75) is 12.6 Å². The highest BCUT2D eigenvalue weighted by molar-refractivity contribution is 6.30. The second-order valence-electron chi connectivity index (χ2n) is 5.10. The molecule has 1 aromatic carbocycles. The molecule has 3 nitrogen and oxygen atoms in total. The maximum atomic E-state index is 5.95. The highest BCUT2D eigenvalue weighted by Gasteiger charge is 2.23. The fraction of sp³-hybridized carbons (Fsp3) is 0.312. The molecule has 0 saturated carbocycles. The fourth-order valence-electron chi connectivity index (χ4n) is 2.67. The Morgan fingerprint density at radius 1 is 1.15 bits per heavy atom. The highest BCUT2D eigenvalue weighted by atomic mass is 35.5. The van der Waals surface area contributed by atoms with Crippen molar-refractivity contribution in [2.24, 2.45) is 0 Å². The lowest BCUT2D eigenvalue weighted by atomic mass is 10.0. The van der Waals surface area contributed by atoms with E-state index in [9.17, 15) is 0 Å². The van der Waals surface area contributed by atoms with Crippen LogP contribution in [-0.2, 0) is 6.54 Å². The molecule has 0 bridgehead atoms. The van der Waals surface area contributed by atoms with E-state index < -0.39 is 0 Å². The molecule has 2 aromatic rings. The third-order valence-corrected chi connectivity index (χ3v) is 4.00. The zero-order valence-corrected chi connectivity index (χ0v) is 12.1. The van der Waals surface area contributed by atoms with E-state index in [4.69, 9.17) is 11.6 Å². The average Bonchev–Trinajstić information content (AvgIpc) is 2.51. The zero-order chi connectivity index (χ0) is 13.8. The predicted octanol–water partition coefficient (Wildman–Crippen LogP) is 2.88. The maximum Gasteiger partial charge on any atom is 0.0477 e. The van der Waals surface area contributed by atoms with Gasteiger partial charge in [-0.3, -0.25) is 9.88 Å². The third-order valence-electron chi connectivity index (χ3n) is 3.74. The summed E-state index contributed by atoms with van der Waals surface area (Å²) in [5.41, 5.74) is 2.62. The molecule has 2 heterocycles. The van der Waals surface area contributed by atoms with Crippen molar-refractivity contribution in [1.82, 2.24) is 15.2 Å². The van der Waals surface area contributed by atoms with Gasteiger partial charge in [0.05, 0.1) is 0 Å². The maximum absolute atomic E-state index is 5.95. The number of hydrogen-bond acceptors (Lipinski definition) is 3. The molecule has 1 aromatic heterocycles. The van der Waals surface area contributed by atoms with Gasteiger partial charge in [-0.05, 0) is 35.4 Å². The van der Waals surface area contributed by atoms with Gasteiger partial charge in [0.2, 0.25) is 0 Å². The molecule has 1 unspecified atom stereocenters. The molecule has 1 saturated heterocycles. The van der Waals surface area contributed by atoms with Crippen molar-refractivity contribution in [1.29, 1.82) is 0 Å². The summed E-state index contributed by atoms with van der Waals surface area (Å²) in [6.07, 6.45) is 3.73. The van der Waals surface area contributed by atoms with E-state index in [1.54, 1.807) is 0 Å². The molecule has 0 spiro atoms.